The molecule has 0 spiro atoms. The van der Waals surface area contributed by atoms with E-state index in [9.17, 15) is 4.79 Å². The molecule has 2 aromatic heterocycles. The second-order valence-corrected chi connectivity index (χ2v) is 2.41. The Balaban J connectivity index is 2.92. The summed E-state index contributed by atoms with van der Waals surface area (Å²) in [5, 5.41) is 3.80. The second kappa shape index (κ2) is 2.44. The molecule has 0 unspecified atom stereocenters. The predicted octanol–water partition coefficient (Wildman–Crippen LogP) is -0.0891. The van der Waals surface area contributed by atoms with E-state index in [1.54, 1.807) is 6.20 Å². The largest absolute Gasteiger partial charge is 0.317 e. The Kier molecular flexibility index (Phi) is 1.43. The van der Waals surface area contributed by atoms with Crippen molar-refractivity contribution in [2.24, 2.45) is 0 Å². The Hall–Kier alpha value is -1.65. The van der Waals surface area contributed by atoms with Gasteiger partial charge in [-0.15, -0.1) is 0 Å². The summed E-state index contributed by atoms with van der Waals surface area (Å²) < 4.78 is 3.14. The summed E-state index contributed by atoms with van der Waals surface area (Å²) >= 11 is 0. The minimum Gasteiger partial charge on any atom is -0.317 e. The third kappa shape index (κ3) is 0.827. The van der Waals surface area contributed by atoms with E-state index in [-0.39, 0.29) is 5.56 Å². The van der Waals surface area contributed by atoms with E-state index in [1.165, 1.54) is 16.9 Å². The van der Waals surface area contributed by atoms with Gasteiger partial charge < -0.3 is 4.57 Å². The van der Waals surface area contributed by atoms with Gasteiger partial charge in [-0.05, 0) is 6.92 Å². The maximum atomic E-state index is 11.2. The van der Waals surface area contributed by atoms with Gasteiger partial charge in [-0.3, -0.25) is 4.79 Å². The number of hydrogen-bond acceptors (Lipinski definition) is 3. The van der Waals surface area contributed by atoms with Crippen molar-refractivity contribution in [3.8, 4) is 0 Å². The van der Waals surface area contributed by atoms with Gasteiger partial charge in [0.15, 0.2) is 0 Å². The van der Waals surface area contributed by atoms with Crippen LogP contribution in [0.3, 0.4) is 0 Å². The number of fused-ring (bicyclic) bond motifs is 1. The van der Waals surface area contributed by atoms with Gasteiger partial charge in [0.2, 0.25) is 5.78 Å². The average Bonchev–Trinajstić information content (AvgIpc) is 2.54. The van der Waals surface area contributed by atoms with Crippen LogP contribution in [0.1, 0.15) is 6.92 Å². The summed E-state index contributed by atoms with van der Waals surface area (Å²) in [5.41, 5.74) is -0.146. The predicted molar refractivity (Wildman–Crippen MR) is 42.9 cm³/mol. The first kappa shape index (κ1) is 7.02. The van der Waals surface area contributed by atoms with Crippen molar-refractivity contribution in [2.45, 2.75) is 13.5 Å². The zero-order valence-corrected chi connectivity index (χ0v) is 6.64. The molecule has 5 heteroatoms. The molecule has 12 heavy (non-hydrogen) atoms. The van der Waals surface area contributed by atoms with Crippen LogP contribution in [0.5, 0.6) is 0 Å². The molecule has 2 rings (SSSR count). The van der Waals surface area contributed by atoms with Crippen molar-refractivity contribution in [1.29, 1.82) is 0 Å². The van der Waals surface area contributed by atoms with Crippen molar-refractivity contribution in [3.63, 3.8) is 0 Å². The zero-order valence-electron chi connectivity index (χ0n) is 6.64. The summed E-state index contributed by atoms with van der Waals surface area (Å²) in [6.45, 7) is 2.77. The minimum absolute atomic E-state index is 0.146. The highest BCUT2D eigenvalue weighted by atomic mass is 16.1. The Morgan fingerprint density at radius 1 is 1.58 bits per heavy atom. The third-order valence-corrected chi connectivity index (χ3v) is 1.73. The molecule has 0 amide bonds. The van der Waals surface area contributed by atoms with Crippen molar-refractivity contribution in [2.75, 3.05) is 0 Å². The van der Waals surface area contributed by atoms with Gasteiger partial charge in [-0.1, -0.05) is 0 Å². The fourth-order valence-corrected chi connectivity index (χ4v) is 1.12. The Bertz CT molecular complexity index is 456. The van der Waals surface area contributed by atoms with E-state index in [2.05, 4.69) is 10.1 Å². The first-order valence-electron chi connectivity index (χ1n) is 3.72. The topological polar surface area (TPSA) is 52.2 Å². The first-order valence-corrected chi connectivity index (χ1v) is 3.72. The van der Waals surface area contributed by atoms with Gasteiger partial charge >= 0.3 is 0 Å². The van der Waals surface area contributed by atoms with Crippen molar-refractivity contribution in [1.82, 2.24) is 19.2 Å². The summed E-state index contributed by atoms with van der Waals surface area (Å²) in [6, 6.07) is 1.48. The number of aryl methyl sites for hydroxylation is 1. The summed E-state index contributed by atoms with van der Waals surface area (Å²) in [5.74, 6) is 0.588. The van der Waals surface area contributed by atoms with Crippen LogP contribution in [-0.4, -0.2) is 19.2 Å². The molecule has 0 saturated heterocycles. The van der Waals surface area contributed by atoms with Gasteiger partial charge in [0.25, 0.3) is 5.56 Å². The Morgan fingerprint density at radius 3 is 3.17 bits per heavy atom. The van der Waals surface area contributed by atoms with Crippen LogP contribution in [0.25, 0.3) is 5.78 Å². The van der Waals surface area contributed by atoms with E-state index >= 15 is 0 Å². The second-order valence-electron chi connectivity index (χ2n) is 2.41. The molecule has 62 valence electrons. The minimum atomic E-state index is -0.146. The number of hydrogen-bond donors (Lipinski definition) is 0. The van der Waals surface area contributed by atoms with E-state index in [4.69, 9.17) is 0 Å². The van der Waals surface area contributed by atoms with Crippen LogP contribution in [0.15, 0.2) is 23.4 Å². The molecular formula is C7H8N4O. The molecule has 0 saturated carbocycles. The lowest BCUT2D eigenvalue weighted by Crippen LogP contribution is -2.16. The molecule has 0 N–H and O–H groups in total. The summed E-state index contributed by atoms with van der Waals surface area (Å²) in [6.07, 6.45) is 3.09. The lowest BCUT2D eigenvalue weighted by atomic mass is 10.6. The molecule has 5 nitrogen and oxygen atoms in total. The van der Waals surface area contributed by atoms with Crippen LogP contribution < -0.4 is 5.56 Å². The lowest BCUT2D eigenvalue weighted by molar-refractivity contribution is 0.731. The van der Waals surface area contributed by atoms with Crippen LogP contribution in [0.2, 0.25) is 0 Å². The van der Waals surface area contributed by atoms with Crippen LogP contribution in [0.4, 0.5) is 0 Å². The maximum absolute atomic E-state index is 11.2. The fraction of sp³-hybridized carbons (Fsp3) is 0.286. The molecule has 0 radical (unpaired) electrons. The molecule has 2 aromatic rings. The number of aromatic nitrogens is 4. The zero-order chi connectivity index (χ0) is 8.55. The smallest absolute Gasteiger partial charge is 0.275 e. The number of nitrogens with zero attached hydrogens (tertiary/aromatic N) is 4. The highest BCUT2D eigenvalue weighted by Crippen LogP contribution is 1.93. The molecule has 0 aliphatic rings. The van der Waals surface area contributed by atoms with Gasteiger partial charge in [0.05, 0.1) is 0 Å². The van der Waals surface area contributed by atoms with Gasteiger partial charge in [-0.2, -0.15) is 14.6 Å². The van der Waals surface area contributed by atoms with E-state index in [1.807, 2.05) is 11.5 Å². The SMILES string of the molecule is CCn1ccc(=O)n2ncnc12. The van der Waals surface area contributed by atoms with E-state index in [0.29, 0.717) is 5.78 Å². The van der Waals surface area contributed by atoms with Crippen molar-refractivity contribution in [3.05, 3.63) is 28.9 Å². The van der Waals surface area contributed by atoms with Crippen LogP contribution in [0, 0.1) is 0 Å². The van der Waals surface area contributed by atoms with E-state index in [0.717, 1.165) is 6.54 Å². The van der Waals surface area contributed by atoms with Gasteiger partial charge in [0, 0.05) is 18.8 Å². The third-order valence-electron chi connectivity index (χ3n) is 1.73. The van der Waals surface area contributed by atoms with E-state index < -0.39 is 0 Å². The standard InChI is InChI=1S/C7H8N4O/c1-2-10-4-3-6(12)11-7(10)8-5-9-11/h3-5H,2H2,1H3. The summed E-state index contributed by atoms with van der Waals surface area (Å²) in [7, 11) is 0. The average molecular weight is 164 g/mol. The monoisotopic (exact) mass is 164 g/mol. The molecule has 0 aromatic carbocycles. The number of rotatable bonds is 1. The van der Waals surface area contributed by atoms with Crippen molar-refractivity contribution >= 4 is 5.78 Å². The van der Waals surface area contributed by atoms with Gasteiger partial charge in [0.1, 0.15) is 6.33 Å². The van der Waals surface area contributed by atoms with Gasteiger partial charge in [-0.25, -0.2) is 0 Å². The maximum Gasteiger partial charge on any atom is 0.275 e. The molecule has 0 aliphatic carbocycles. The molecule has 0 bridgehead atoms. The molecule has 0 fully saturated rings. The summed E-state index contributed by atoms with van der Waals surface area (Å²) in [4.78, 5) is 15.1. The van der Waals surface area contributed by atoms with Crippen LogP contribution in [-0.2, 0) is 6.54 Å². The van der Waals surface area contributed by atoms with Crippen LogP contribution >= 0.6 is 0 Å². The molecule has 0 atom stereocenters. The molecule has 0 aliphatic heterocycles. The first-order chi connectivity index (χ1) is 5.83. The Morgan fingerprint density at radius 2 is 2.42 bits per heavy atom. The fourth-order valence-electron chi connectivity index (χ4n) is 1.12. The normalized spacial score (nSPS) is 10.8. The molecular weight excluding hydrogens is 156 g/mol. The quantitative estimate of drug-likeness (QED) is 0.592. The molecule has 2 heterocycles. The highest BCUT2D eigenvalue weighted by molar-refractivity contribution is 5.25. The lowest BCUT2D eigenvalue weighted by Gasteiger charge is -2.01. The Labute approximate surface area is 68.3 Å². The van der Waals surface area contributed by atoms with Crippen molar-refractivity contribution < 1.29 is 0 Å². The highest BCUT2D eigenvalue weighted by Gasteiger charge is 2.00.